The van der Waals surface area contributed by atoms with Gasteiger partial charge in [-0.1, -0.05) is 59.1 Å². The minimum atomic E-state index is -1.43. The number of hydrogen-bond donors (Lipinski definition) is 0. The lowest BCUT2D eigenvalue weighted by Gasteiger charge is -2.17. The van der Waals surface area contributed by atoms with Gasteiger partial charge in [-0.2, -0.15) is 0 Å². The van der Waals surface area contributed by atoms with Crippen molar-refractivity contribution in [3.8, 4) is 0 Å². The van der Waals surface area contributed by atoms with Crippen molar-refractivity contribution in [2.75, 3.05) is 0 Å². The summed E-state index contributed by atoms with van der Waals surface area (Å²) in [5.74, 6) is 0. The maximum Gasteiger partial charge on any atom is 0.216 e. The van der Waals surface area contributed by atoms with Gasteiger partial charge in [0.1, 0.15) is 5.60 Å². The van der Waals surface area contributed by atoms with Gasteiger partial charge in [-0.3, -0.25) is 0 Å². The minimum absolute atomic E-state index is 0.565. The highest BCUT2D eigenvalue weighted by Crippen LogP contribution is 2.38. The Morgan fingerprint density at radius 1 is 0.929 bits per heavy atom. The fourth-order valence-electron chi connectivity index (χ4n) is 1.06. The average Bonchev–Trinajstić information content (AvgIpc) is 2.01. The molecule has 0 N–H and O–H groups in total. The van der Waals surface area contributed by atoms with Crippen molar-refractivity contribution >= 4 is 34.8 Å². The predicted molar refractivity (Wildman–Crippen MR) is 59.4 cm³/mol. The molecule has 1 radical (unpaired) electrons. The van der Waals surface area contributed by atoms with Crippen molar-refractivity contribution in [3.05, 3.63) is 35.4 Å². The van der Waals surface area contributed by atoms with Crippen LogP contribution in [0.4, 0.5) is 0 Å². The van der Waals surface area contributed by atoms with Crippen LogP contribution >= 0.6 is 34.8 Å². The molecule has 0 unspecified atom stereocenters. The van der Waals surface area contributed by atoms with Gasteiger partial charge in [-0.15, -0.1) is 0 Å². The van der Waals surface area contributed by atoms with Gasteiger partial charge < -0.3 is 0 Å². The van der Waals surface area contributed by atoms with Crippen LogP contribution in [0.2, 0.25) is 0 Å². The maximum atomic E-state index is 11.6. The highest BCUT2D eigenvalue weighted by Gasteiger charge is 2.24. The molecule has 1 rings (SSSR count). The summed E-state index contributed by atoms with van der Waals surface area (Å²) in [5.41, 5.74) is 0.123. The van der Waals surface area contributed by atoms with E-state index in [0.717, 1.165) is 0 Å². The molecule has 4 heteroatoms. The van der Waals surface area contributed by atoms with E-state index in [1.807, 2.05) is 0 Å². The number of benzene rings is 1. The van der Waals surface area contributed by atoms with Crippen molar-refractivity contribution in [2.45, 2.75) is 23.2 Å². The summed E-state index contributed by atoms with van der Waals surface area (Å²) >= 11 is 17.0. The predicted octanol–water partition coefficient (Wildman–Crippen LogP) is 4.18. The fraction of sp³-hybridized carbons (Fsp3) is 0.400. The molecule has 0 aliphatic carbocycles. The summed E-state index contributed by atoms with van der Waals surface area (Å²) in [4.78, 5) is 0. The standard InChI is InChI=1S/C10H10Cl3O/c1-9(2,14)7-3-5-8(6-4-7)10(11,12)13/h3-6H,1-2H3. The summed E-state index contributed by atoms with van der Waals surface area (Å²) < 4.78 is -1.43. The molecule has 1 nitrogen and oxygen atoms in total. The summed E-state index contributed by atoms with van der Waals surface area (Å²) in [6.07, 6.45) is 0. The molecule has 77 valence electrons. The van der Waals surface area contributed by atoms with Gasteiger partial charge in [0, 0.05) is 5.56 Å². The Morgan fingerprint density at radius 3 is 1.57 bits per heavy atom. The van der Waals surface area contributed by atoms with Gasteiger partial charge in [0.25, 0.3) is 0 Å². The lowest BCUT2D eigenvalue weighted by Crippen LogP contribution is -2.13. The zero-order chi connectivity index (χ0) is 11.0. The first-order valence-corrected chi connectivity index (χ1v) is 5.23. The van der Waals surface area contributed by atoms with Crippen LogP contribution in [-0.2, 0) is 14.5 Å². The molecule has 0 aliphatic rings. The molecule has 0 saturated heterocycles. The quantitative estimate of drug-likeness (QED) is 0.668. The van der Waals surface area contributed by atoms with Gasteiger partial charge in [-0.05, 0) is 19.4 Å². The molecule has 0 heterocycles. The Kier molecular flexibility index (Phi) is 3.37. The van der Waals surface area contributed by atoms with E-state index in [4.69, 9.17) is 34.8 Å². The second kappa shape index (κ2) is 3.90. The number of rotatable bonds is 1. The minimum Gasteiger partial charge on any atom is -0.225 e. The molecular weight excluding hydrogens is 242 g/mol. The third kappa shape index (κ3) is 3.03. The normalized spacial score (nSPS) is 13.0. The molecule has 0 aromatic heterocycles. The maximum absolute atomic E-state index is 11.6. The molecule has 1 aromatic carbocycles. The zero-order valence-electron chi connectivity index (χ0n) is 7.85. The molecule has 0 saturated carbocycles. The molecule has 14 heavy (non-hydrogen) atoms. The van der Waals surface area contributed by atoms with Crippen molar-refractivity contribution in [1.82, 2.24) is 0 Å². The lowest BCUT2D eigenvalue weighted by atomic mass is 9.98. The molecule has 0 amide bonds. The highest BCUT2D eigenvalue weighted by molar-refractivity contribution is 6.66. The van der Waals surface area contributed by atoms with Crippen LogP contribution in [0.5, 0.6) is 0 Å². The van der Waals surface area contributed by atoms with Crippen LogP contribution in [0.1, 0.15) is 25.0 Å². The smallest absolute Gasteiger partial charge is 0.216 e. The summed E-state index contributed by atoms with van der Waals surface area (Å²) in [5, 5.41) is 11.6. The molecular formula is C10H10Cl3O. The van der Waals surface area contributed by atoms with Crippen molar-refractivity contribution in [3.63, 3.8) is 0 Å². The van der Waals surface area contributed by atoms with Crippen LogP contribution in [0, 0.1) is 0 Å². The van der Waals surface area contributed by atoms with Gasteiger partial charge in [0.2, 0.25) is 3.79 Å². The van der Waals surface area contributed by atoms with Gasteiger partial charge in [0.15, 0.2) is 0 Å². The average molecular weight is 253 g/mol. The second-order valence-corrected chi connectivity index (χ2v) is 5.87. The Hall–Kier alpha value is 0.0500. The summed E-state index contributed by atoms with van der Waals surface area (Å²) in [6.45, 7) is 3.19. The van der Waals surface area contributed by atoms with Crippen LogP contribution in [0.25, 0.3) is 0 Å². The largest absolute Gasteiger partial charge is 0.225 e. The third-order valence-corrected chi connectivity index (χ3v) is 2.56. The molecule has 0 atom stereocenters. The topological polar surface area (TPSA) is 19.9 Å². The van der Waals surface area contributed by atoms with E-state index >= 15 is 0 Å². The molecule has 0 bridgehead atoms. The van der Waals surface area contributed by atoms with E-state index < -0.39 is 9.39 Å². The van der Waals surface area contributed by atoms with Gasteiger partial charge >= 0.3 is 0 Å². The SMILES string of the molecule is CC(C)([O])c1ccc(C(Cl)(Cl)Cl)cc1. The Labute approximate surface area is 98.6 Å². The second-order valence-electron chi connectivity index (χ2n) is 3.59. The third-order valence-electron chi connectivity index (χ3n) is 1.91. The number of alkyl halides is 3. The first kappa shape index (κ1) is 12.1. The van der Waals surface area contributed by atoms with E-state index in [0.29, 0.717) is 11.1 Å². The Morgan fingerprint density at radius 2 is 1.29 bits per heavy atom. The van der Waals surface area contributed by atoms with Crippen LogP contribution in [-0.4, -0.2) is 0 Å². The fourth-order valence-corrected chi connectivity index (χ4v) is 1.44. The Balaban J connectivity index is 3.02. The van der Waals surface area contributed by atoms with Crippen molar-refractivity contribution in [2.24, 2.45) is 0 Å². The summed E-state index contributed by atoms with van der Waals surface area (Å²) in [7, 11) is 0. The first-order valence-electron chi connectivity index (χ1n) is 4.09. The zero-order valence-corrected chi connectivity index (χ0v) is 10.1. The van der Waals surface area contributed by atoms with Gasteiger partial charge in [0.05, 0.1) is 0 Å². The molecule has 0 aliphatic heterocycles. The van der Waals surface area contributed by atoms with E-state index in [1.54, 1.807) is 38.1 Å². The van der Waals surface area contributed by atoms with E-state index in [2.05, 4.69) is 0 Å². The summed E-state index contributed by atoms with van der Waals surface area (Å²) in [6, 6.07) is 6.68. The highest BCUT2D eigenvalue weighted by atomic mass is 35.6. The lowest BCUT2D eigenvalue weighted by molar-refractivity contribution is -0.000109. The molecule has 0 spiro atoms. The van der Waals surface area contributed by atoms with Crippen LogP contribution < -0.4 is 0 Å². The number of halogens is 3. The van der Waals surface area contributed by atoms with Crippen molar-refractivity contribution in [1.29, 1.82) is 0 Å². The van der Waals surface area contributed by atoms with E-state index in [9.17, 15) is 5.11 Å². The monoisotopic (exact) mass is 251 g/mol. The Bertz CT molecular complexity index is 273. The first-order chi connectivity index (χ1) is 6.21. The van der Waals surface area contributed by atoms with E-state index in [1.165, 1.54) is 0 Å². The van der Waals surface area contributed by atoms with Crippen LogP contribution in [0.15, 0.2) is 24.3 Å². The molecule has 1 aromatic rings. The molecule has 0 fully saturated rings. The van der Waals surface area contributed by atoms with E-state index in [-0.39, 0.29) is 0 Å². The van der Waals surface area contributed by atoms with Crippen molar-refractivity contribution < 1.29 is 5.11 Å². The van der Waals surface area contributed by atoms with Crippen LogP contribution in [0.3, 0.4) is 0 Å². The van der Waals surface area contributed by atoms with Gasteiger partial charge in [-0.25, -0.2) is 5.11 Å². The number of hydrogen-bond acceptors (Lipinski definition) is 0.